The van der Waals surface area contributed by atoms with E-state index in [2.05, 4.69) is 11.7 Å². The van der Waals surface area contributed by atoms with Gasteiger partial charge in [-0.1, -0.05) is 76.8 Å². The average molecular weight is 721 g/mol. The van der Waals surface area contributed by atoms with Gasteiger partial charge in [0.2, 0.25) is 0 Å². The van der Waals surface area contributed by atoms with Crippen LogP contribution in [0, 0.1) is 46.6 Å². The van der Waals surface area contributed by atoms with Gasteiger partial charge in [0.25, 0.3) is 0 Å². The summed E-state index contributed by atoms with van der Waals surface area (Å²) in [5.41, 5.74) is -2.35. The molecule has 10 heteroatoms. The maximum absolute atomic E-state index is 15.3. The highest BCUT2D eigenvalue weighted by Crippen LogP contribution is 2.41. The zero-order valence-corrected chi connectivity index (χ0v) is 28.4. The van der Waals surface area contributed by atoms with Crippen LogP contribution in [0.4, 0.5) is 39.5 Å². The first-order valence-electron chi connectivity index (χ1n) is 17.7. The third-order valence-electron chi connectivity index (χ3n) is 9.90. The third-order valence-corrected chi connectivity index (χ3v) is 9.90. The molecule has 0 aromatic heterocycles. The van der Waals surface area contributed by atoms with Gasteiger partial charge in [-0.2, -0.15) is 8.78 Å². The Kier molecular flexibility index (Phi) is 12.8. The van der Waals surface area contributed by atoms with Crippen LogP contribution in [0.15, 0.2) is 60.7 Å². The van der Waals surface area contributed by atoms with E-state index in [4.69, 9.17) is 0 Å². The van der Waals surface area contributed by atoms with E-state index in [1.54, 1.807) is 6.07 Å². The number of alkyl halides is 2. The molecule has 1 aliphatic rings. The van der Waals surface area contributed by atoms with Crippen molar-refractivity contribution in [1.29, 1.82) is 0 Å². The van der Waals surface area contributed by atoms with Gasteiger partial charge in [0, 0.05) is 17.2 Å². The smallest absolute Gasteiger partial charge is 0.429 e. The molecule has 0 bridgehead atoms. The summed E-state index contributed by atoms with van der Waals surface area (Å²) in [6, 6.07) is 8.66. The van der Waals surface area contributed by atoms with E-state index in [9.17, 15) is 17.6 Å². The second-order valence-electron chi connectivity index (χ2n) is 13.5. The van der Waals surface area contributed by atoms with Crippen molar-refractivity contribution in [2.75, 3.05) is 0 Å². The summed E-state index contributed by atoms with van der Waals surface area (Å²) in [7, 11) is 0. The van der Waals surface area contributed by atoms with Crippen LogP contribution in [0.2, 0.25) is 0 Å². The molecule has 0 aliphatic heterocycles. The highest BCUT2D eigenvalue weighted by atomic mass is 19.3. The van der Waals surface area contributed by atoms with Gasteiger partial charge >= 0.3 is 6.11 Å². The predicted octanol–water partition coefficient (Wildman–Crippen LogP) is 13.9. The highest BCUT2D eigenvalue weighted by Gasteiger charge is 2.41. The first kappa shape index (κ1) is 38.3. The summed E-state index contributed by atoms with van der Waals surface area (Å²) in [5, 5.41) is 0. The lowest BCUT2D eigenvalue weighted by Crippen LogP contribution is -2.25. The van der Waals surface area contributed by atoms with E-state index in [1.807, 2.05) is 0 Å². The van der Waals surface area contributed by atoms with Gasteiger partial charge in [0.15, 0.2) is 17.5 Å². The van der Waals surface area contributed by atoms with Crippen LogP contribution in [0.5, 0.6) is 5.75 Å². The lowest BCUT2D eigenvalue weighted by atomic mass is 9.77. The first-order valence-corrected chi connectivity index (χ1v) is 17.7. The Balaban J connectivity index is 1.20. The van der Waals surface area contributed by atoms with Gasteiger partial charge in [-0.05, 0) is 96.7 Å². The molecular formula is C41H41F9O. The van der Waals surface area contributed by atoms with Crippen LogP contribution in [0.25, 0.3) is 22.3 Å². The number of hydrogen-bond donors (Lipinski definition) is 0. The Bertz CT molecular complexity index is 1750. The summed E-state index contributed by atoms with van der Waals surface area (Å²) >= 11 is 0. The number of benzene rings is 4. The molecule has 4 aromatic carbocycles. The molecule has 0 unspecified atom stereocenters. The van der Waals surface area contributed by atoms with E-state index in [1.165, 1.54) is 69.9 Å². The summed E-state index contributed by atoms with van der Waals surface area (Å²) in [6.45, 7) is 2.22. The SMILES string of the molecule is CCCCCCCCCCC1CCC(c2ccc(-c3cc(F)c(C(F)(F)Oc4ccc(-c5cc(F)c(F)c(F)c5)c(F)c4)c(F)c3)c(F)c2)CC1. The van der Waals surface area contributed by atoms with Crippen molar-refractivity contribution in [2.45, 2.75) is 102 Å². The van der Waals surface area contributed by atoms with Gasteiger partial charge < -0.3 is 4.74 Å². The molecule has 51 heavy (non-hydrogen) atoms. The Hall–Kier alpha value is -3.95. The first-order chi connectivity index (χ1) is 24.4. The number of ether oxygens (including phenoxy) is 1. The van der Waals surface area contributed by atoms with Gasteiger partial charge in [-0.15, -0.1) is 0 Å². The van der Waals surface area contributed by atoms with E-state index in [0.717, 1.165) is 43.4 Å². The lowest BCUT2D eigenvalue weighted by molar-refractivity contribution is -0.189. The van der Waals surface area contributed by atoms with E-state index in [-0.39, 0.29) is 17.0 Å². The molecule has 4 aromatic rings. The molecular weight excluding hydrogens is 679 g/mol. The maximum atomic E-state index is 15.3. The summed E-state index contributed by atoms with van der Waals surface area (Å²) < 4.78 is 135. The Morgan fingerprint density at radius 2 is 1.08 bits per heavy atom. The van der Waals surface area contributed by atoms with Crippen LogP contribution in [0.3, 0.4) is 0 Å². The van der Waals surface area contributed by atoms with Gasteiger partial charge in [0.05, 0.1) is 0 Å². The molecule has 1 aliphatic carbocycles. The zero-order chi connectivity index (χ0) is 36.7. The second kappa shape index (κ2) is 17.0. The van der Waals surface area contributed by atoms with Crippen molar-refractivity contribution in [3.8, 4) is 28.0 Å². The number of hydrogen-bond acceptors (Lipinski definition) is 1. The van der Waals surface area contributed by atoms with E-state index >= 15 is 22.0 Å². The van der Waals surface area contributed by atoms with Crippen molar-refractivity contribution in [2.24, 2.45) is 5.92 Å². The van der Waals surface area contributed by atoms with Gasteiger partial charge in [-0.25, -0.2) is 30.7 Å². The van der Waals surface area contributed by atoms with Crippen LogP contribution < -0.4 is 4.74 Å². The quantitative estimate of drug-likeness (QED) is 0.0675. The van der Waals surface area contributed by atoms with Crippen LogP contribution in [-0.2, 0) is 6.11 Å². The van der Waals surface area contributed by atoms with Crippen LogP contribution in [-0.4, -0.2) is 0 Å². The van der Waals surface area contributed by atoms with E-state index < -0.39 is 69.3 Å². The number of unbranched alkanes of at least 4 members (excludes halogenated alkanes) is 7. The number of halogens is 9. The molecule has 0 heterocycles. The molecule has 0 amide bonds. The van der Waals surface area contributed by atoms with Gasteiger partial charge in [0.1, 0.15) is 34.6 Å². The molecule has 0 atom stereocenters. The zero-order valence-electron chi connectivity index (χ0n) is 28.4. The minimum Gasteiger partial charge on any atom is -0.429 e. The predicted molar refractivity (Wildman–Crippen MR) is 180 cm³/mol. The fraction of sp³-hybridized carbons (Fsp3) is 0.415. The molecule has 0 radical (unpaired) electrons. The molecule has 1 saturated carbocycles. The summed E-state index contributed by atoms with van der Waals surface area (Å²) in [4.78, 5) is 0. The third kappa shape index (κ3) is 9.49. The van der Waals surface area contributed by atoms with Gasteiger partial charge in [-0.3, -0.25) is 0 Å². The second-order valence-corrected chi connectivity index (χ2v) is 13.5. The minimum atomic E-state index is -4.65. The normalized spacial score (nSPS) is 16.4. The lowest BCUT2D eigenvalue weighted by Gasteiger charge is -2.29. The molecule has 0 saturated heterocycles. The minimum absolute atomic E-state index is 0.159. The standard InChI is InChI=1S/C41H41F9O/c1-2-3-4-5-6-7-8-9-10-25-11-13-26(14-12-25)27-15-17-31(33(42)19-27)28-20-35(44)39(36(45)21-28)41(49,50)51-30-16-18-32(34(43)24-30)29-22-37(46)40(48)38(47)23-29/h15-26H,2-14H2,1H3. The largest absolute Gasteiger partial charge is 0.432 e. The van der Waals surface area contributed by atoms with Crippen molar-refractivity contribution in [3.63, 3.8) is 0 Å². The molecule has 5 rings (SSSR count). The van der Waals surface area contributed by atoms with Crippen molar-refractivity contribution < 1.29 is 44.3 Å². The van der Waals surface area contributed by atoms with Crippen molar-refractivity contribution in [3.05, 3.63) is 113 Å². The average Bonchev–Trinajstić information content (AvgIpc) is 3.08. The molecule has 0 N–H and O–H groups in total. The molecule has 1 nitrogen and oxygen atoms in total. The Morgan fingerprint density at radius 1 is 0.569 bits per heavy atom. The summed E-state index contributed by atoms with van der Waals surface area (Å²) in [6.07, 6.45) is 10.8. The molecule has 274 valence electrons. The van der Waals surface area contributed by atoms with Crippen molar-refractivity contribution in [1.82, 2.24) is 0 Å². The van der Waals surface area contributed by atoms with Crippen LogP contribution in [0.1, 0.15) is 107 Å². The van der Waals surface area contributed by atoms with Crippen molar-refractivity contribution >= 4 is 0 Å². The topological polar surface area (TPSA) is 9.23 Å². The fourth-order valence-electron chi connectivity index (χ4n) is 7.08. The summed E-state index contributed by atoms with van der Waals surface area (Å²) in [5.74, 6) is -10.5. The monoisotopic (exact) mass is 720 g/mol. The number of rotatable bonds is 15. The van der Waals surface area contributed by atoms with E-state index in [0.29, 0.717) is 36.2 Å². The Morgan fingerprint density at radius 3 is 1.63 bits per heavy atom. The Labute approximate surface area is 292 Å². The highest BCUT2D eigenvalue weighted by molar-refractivity contribution is 5.66. The fourth-order valence-corrected chi connectivity index (χ4v) is 7.08. The van der Waals surface area contributed by atoms with Crippen LogP contribution >= 0.6 is 0 Å². The molecule has 1 fully saturated rings. The molecule has 0 spiro atoms. The maximum Gasteiger partial charge on any atom is 0.432 e.